The molecular weight excluding hydrogens is 540 g/mol. The number of carbonyl (C=O) groups is 4. The molecule has 0 heterocycles. The van der Waals surface area contributed by atoms with Gasteiger partial charge in [0.05, 0.1) is 24.3 Å². The van der Waals surface area contributed by atoms with E-state index in [0.29, 0.717) is 41.6 Å². The highest BCUT2D eigenvalue weighted by Crippen LogP contribution is 2.26. The third kappa shape index (κ3) is 10.1. The van der Waals surface area contributed by atoms with Gasteiger partial charge >= 0.3 is 23.9 Å². The summed E-state index contributed by atoms with van der Waals surface area (Å²) in [4.78, 5) is 47.4. The van der Waals surface area contributed by atoms with Crippen molar-refractivity contribution in [2.24, 2.45) is 0 Å². The molecule has 0 aromatic heterocycles. The van der Waals surface area contributed by atoms with E-state index in [9.17, 15) is 19.2 Å². The maximum atomic E-state index is 12.6. The van der Waals surface area contributed by atoms with Gasteiger partial charge in [-0.2, -0.15) is 0 Å². The molecule has 0 atom stereocenters. The smallest absolute Gasteiger partial charge is 0.343 e. The molecule has 0 aliphatic rings. The molecule has 0 N–H and O–H groups in total. The molecule has 0 fully saturated rings. The monoisotopic (exact) mass is 572 g/mol. The van der Waals surface area contributed by atoms with Crippen LogP contribution in [0.5, 0.6) is 23.0 Å². The summed E-state index contributed by atoms with van der Waals surface area (Å²) in [5.74, 6) is -0.637. The Morgan fingerprint density at radius 2 is 1.17 bits per heavy atom. The Balaban J connectivity index is 1.43. The topological polar surface area (TPSA) is 114 Å². The van der Waals surface area contributed by atoms with Gasteiger partial charge in [0.25, 0.3) is 0 Å². The number of carbonyl (C=O) groups excluding carboxylic acids is 4. The third-order valence-electron chi connectivity index (χ3n) is 5.84. The minimum Gasteiger partial charge on any atom is -0.494 e. The summed E-state index contributed by atoms with van der Waals surface area (Å²) in [6.45, 7) is 9.32. The van der Waals surface area contributed by atoms with Crippen LogP contribution in [-0.4, -0.2) is 37.1 Å². The van der Waals surface area contributed by atoms with Crippen molar-refractivity contribution in [1.82, 2.24) is 0 Å². The molecule has 9 nitrogen and oxygen atoms in total. The van der Waals surface area contributed by atoms with Crippen LogP contribution in [0.2, 0.25) is 0 Å². The van der Waals surface area contributed by atoms with Crippen LogP contribution in [0.3, 0.4) is 0 Å². The second kappa shape index (κ2) is 16.2. The summed E-state index contributed by atoms with van der Waals surface area (Å²) in [5.41, 5.74) is 1.21. The molecule has 42 heavy (non-hydrogen) atoms. The maximum Gasteiger partial charge on any atom is 0.343 e. The van der Waals surface area contributed by atoms with Crippen molar-refractivity contribution in [3.05, 3.63) is 109 Å². The lowest BCUT2D eigenvalue weighted by atomic mass is 10.2. The minimum atomic E-state index is -0.602. The van der Waals surface area contributed by atoms with Crippen LogP contribution in [0.15, 0.2) is 92.0 Å². The second-order valence-corrected chi connectivity index (χ2v) is 9.01. The molecule has 3 rings (SSSR count). The van der Waals surface area contributed by atoms with Crippen LogP contribution >= 0.6 is 0 Å². The lowest BCUT2D eigenvalue weighted by Gasteiger charge is -2.11. The first-order chi connectivity index (χ1) is 20.3. The largest absolute Gasteiger partial charge is 0.494 e. The zero-order valence-corrected chi connectivity index (χ0v) is 23.3. The van der Waals surface area contributed by atoms with Gasteiger partial charge in [0.15, 0.2) is 0 Å². The van der Waals surface area contributed by atoms with Crippen molar-refractivity contribution >= 4 is 23.9 Å². The lowest BCUT2D eigenvalue weighted by Crippen LogP contribution is -2.11. The summed E-state index contributed by atoms with van der Waals surface area (Å²) in [6, 6.07) is 17.2. The van der Waals surface area contributed by atoms with E-state index >= 15 is 0 Å². The van der Waals surface area contributed by atoms with E-state index in [1.165, 1.54) is 30.3 Å². The van der Waals surface area contributed by atoms with E-state index in [-0.39, 0.29) is 11.3 Å². The summed E-state index contributed by atoms with van der Waals surface area (Å²) >= 11 is 0. The van der Waals surface area contributed by atoms with Gasteiger partial charge in [0, 0.05) is 12.2 Å². The standard InChI is InChI=1S/C33H32O9/c1-4-30(34)39-21-9-7-6-8-20-38-26-14-10-24(11-15-26)32(36)41-28-18-19-29(23(3)22-28)42-33(37)25-12-16-27(17-13-25)40-31(35)5-2/h4-5,10-19,22H,1-2,6-9,20-21H2,3H3. The summed E-state index contributed by atoms with van der Waals surface area (Å²) in [6.07, 6.45) is 5.69. The highest BCUT2D eigenvalue weighted by atomic mass is 16.5. The molecule has 0 spiro atoms. The number of ether oxygens (including phenoxy) is 5. The Kier molecular flexibility index (Phi) is 12.1. The van der Waals surface area contributed by atoms with E-state index in [2.05, 4.69) is 13.2 Å². The van der Waals surface area contributed by atoms with E-state index in [4.69, 9.17) is 23.7 Å². The van der Waals surface area contributed by atoms with E-state index in [1.54, 1.807) is 43.3 Å². The lowest BCUT2D eigenvalue weighted by molar-refractivity contribution is -0.137. The molecule has 218 valence electrons. The van der Waals surface area contributed by atoms with Crippen molar-refractivity contribution < 1.29 is 42.9 Å². The molecule has 0 aliphatic carbocycles. The predicted octanol–water partition coefficient (Wildman–Crippen LogP) is 6.19. The highest BCUT2D eigenvalue weighted by molar-refractivity contribution is 5.92. The fourth-order valence-corrected chi connectivity index (χ4v) is 3.61. The quantitative estimate of drug-likeness (QED) is 0.0909. The molecular formula is C33H32O9. The van der Waals surface area contributed by atoms with Crippen molar-refractivity contribution in [3.8, 4) is 23.0 Å². The van der Waals surface area contributed by atoms with Crippen LogP contribution in [0.25, 0.3) is 0 Å². The zero-order valence-electron chi connectivity index (χ0n) is 23.3. The van der Waals surface area contributed by atoms with Crippen LogP contribution in [0, 0.1) is 6.92 Å². The first-order valence-electron chi connectivity index (χ1n) is 13.3. The van der Waals surface area contributed by atoms with Crippen LogP contribution in [0.1, 0.15) is 52.0 Å². The van der Waals surface area contributed by atoms with Gasteiger partial charge in [-0.05, 0) is 105 Å². The Hall–Kier alpha value is -5.18. The van der Waals surface area contributed by atoms with Gasteiger partial charge in [0.1, 0.15) is 23.0 Å². The molecule has 3 aromatic rings. The first-order valence-corrected chi connectivity index (χ1v) is 13.3. The fourth-order valence-electron chi connectivity index (χ4n) is 3.61. The SMILES string of the molecule is C=CC(=O)OCCCCCCOc1ccc(C(=O)Oc2ccc(OC(=O)c3ccc(OC(=O)C=C)cc3)c(C)c2)cc1. The van der Waals surface area contributed by atoms with Crippen molar-refractivity contribution in [2.45, 2.75) is 32.6 Å². The van der Waals surface area contributed by atoms with E-state index < -0.39 is 23.9 Å². The third-order valence-corrected chi connectivity index (χ3v) is 5.84. The predicted molar refractivity (Wildman–Crippen MR) is 155 cm³/mol. The average Bonchev–Trinajstić information content (AvgIpc) is 3.00. The van der Waals surface area contributed by atoms with Crippen molar-refractivity contribution in [3.63, 3.8) is 0 Å². The van der Waals surface area contributed by atoms with Gasteiger partial charge in [-0.1, -0.05) is 13.2 Å². The molecule has 0 radical (unpaired) electrons. The van der Waals surface area contributed by atoms with Crippen LogP contribution < -0.4 is 18.9 Å². The summed E-state index contributed by atoms with van der Waals surface area (Å²) in [5, 5.41) is 0. The Morgan fingerprint density at radius 1 is 0.619 bits per heavy atom. The Bertz CT molecular complexity index is 1410. The second-order valence-electron chi connectivity index (χ2n) is 9.01. The molecule has 0 bridgehead atoms. The van der Waals surface area contributed by atoms with E-state index in [1.807, 2.05) is 0 Å². The first kappa shape index (κ1) is 31.3. The molecule has 0 saturated carbocycles. The molecule has 0 unspecified atom stereocenters. The molecule has 0 amide bonds. The van der Waals surface area contributed by atoms with Crippen molar-refractivity contribution in [2.75, 3.05) is 13.2 Å². The molecule has 0 aliphatic heterocycles. The number of benzene rings is 3. The van der Waals surface area contributed by atoms with Gasteiger partial charge in [0.2, 0.25) is 0 Å². The van der Waals surface area contributed by atoms with Gasteiger partial charge < -0.3 is 23.7 Å². The maximum absolute atomic E-state index is 12.6. The zero-order chi connectivity index (χ0) is 30.3. The van der Waals surface area contributed by atoms with Gasteiger partial charge in [-0.3, -0.25) is 0 Å². The number of esters is 4. The number of rotatable bonds is 15. The minimum absolute atomic E-state index is 0.263. The van der Waals surface area contributed by atoms with Crippen LogP contribution in [0.4, 0.5) is 0 Å². The number of unbranched alkanes of at least 4 members (excludes halogenated alkanes) is 3. The van der Waals surface area contributed by atoms with Gasteiger partial charge in [-0.15, -0.1) is 0 Å². The fraction of sp³-hybridized carbons (Fsp3) is 0.212. The number of aryl methyl sites for hydroxylation is 1. The van der Waals surface area contributed by atoms with E-state index in [0.717, 1.165) is 37.8 Å². The molecule has 0 saturated heterocycles. The Morgan fingerprint density at radius 3 is 1.76 bits per heavy atom. The summed E-state index contributed by atoms with van der Waals surface area (Å²) < 4.78 is 26.6. The molecule has 9 heteroatoms. The molecule has 3 aromatic carbocycles. The normalized spacial score (nSPS) is 10.2. The Labute approximate surface area is 244 Å². The van der Waals surface area contributed by atoms with Crippen LogP contribution in [-0.2, 0) is 14.3 Å². The van der Waals surface area contributed by atoms with Crippen molar-refractivity contribution in [1.29, 1.82) is 0 Å². The average molecular weight is 573 g/mol. The van der Waals surface area contributed by atoms with Gasteiger partial charge in [-0.25, -0.2) is 19.2 Å². The number of hydrogen-bond donors (Lipinski definition) is 0. The summed E-state index contributed by atoms with van der Waals surface area (Å²) in [7, 11) is 0. The highest BCUT2D eigenvalue weighted by Gasteiger charge is 2.14. The number of hydrogen-bond acceptors (Lipinski definition) is 9.